The van der Waals surface area contributed by atoms with Crippen molar-refractivity contribution in [2.24, 2.45) is 5.73 Å². The molecule has 2 aromatic carbocycles. The Bertz CT molecular complexity index is 499. The van der Waals surface area contributed by atoms with Gasteiger partial charge < -0.3 is 5.73 Å². The van der Waals surface area contributed by atoms with Crippen molar-refractivity contribution in [1.82, 2.24) is 0 Å². The van der Waals surface area contributed by atoms with Crippen molar-refractivity contribution in [2.45, 2.75) is 26.2 Å². The van der Waals surface area contributed by atoms with Crippen LogP contribution >= 0.6 is 0 Å². The third kappa shape index (κ3) is 3.21. The summed E-state index contributed by atoms with van der Waals surface area (Å²) in [5, 5.41) is 0. The minimum absolute atomic E-state index is 0.410. The SMILES string of the molecule is Cc1ccc(C(CN)Cc2cccc(C)c2)cc1. The van der Waals surface area contributed by atoms with Gasteiger partial charge in [-0.05, 0) is 37.9 Å². The highest BCUT2D eigenvalue weighted by Gasteiger charge is 2.10. The van der Waals surface area contributed by atoms with Crippen LogP contribution in [0.1, 0.15) is 28.2 Å². The van der Waals surface area contributed by atoms with Gasteiger partial charge in [-0.15, -0.1) is 0 Å². The molecule has 1 heteroatoms. The summed E-state index contributed by atoms with van der Waals surface area (Å²) in [5.74, 6) is 0.410. The first-order valence-electron chi connectivity index (χ1n) is 6.51. The maximum atomic E-state index is 5.93. The Morgan fingerprint density at radius 3 is 2.28 bits per heavy atom. The number of benzene rings is 2. The van der Waals surface area contributed by atoms with E-state index in [4.69, 9.17) is 5.73 Å². The van der Waals surface area contributed by atoms with Crippen molar-refractivity contribution in [3.63, 3.8) is 0 Å². The minimum Gasteiger partial charge on any atom is -0.330 e. The third-order valence-electron chi connectivity index (χ3n) is 3.40. The predicted molar refractivity (Wildman–Crippen MR) is 77.9 cm³/mol. The van der Waals surface area contributed by atoms with Gasteiger partial charge in [0.1, 0.15) is 0 Å². The average Bonchev–Trinajstić information content (AvgIpc) is 2.37. The van der Waals surface area contributed by atoms with Crippen LogP contribution in [0, 0.1) is 13.8 Å². The second-order valence-electron chi connectivity index (χ2n) is 5.04. The summed E-state index contributed by atoms with van der Waals surface area (Å²) in [5.41, 5.74) is 11.2. The lowest BCUT2D eigenvalue weighted by molar-refractivity contribution is 0.694. The van der Waals surface area contributed by atoms with Gasteiger partial charge in [0, 0.05) is 5.92 Å². The molecule has 2 rings (SSSR count). The molecule has 0 heterocycles. The second-order valence-corrected chi connectivity index (χ2v) is 5.04. The first kappa shape index (κ1) is 12.8. The van der Waals surface area contributed by atoms with Gasteiger partial charge >= 0.3 is 0 Å². The van der Waals surface area contributed by atoms with Crippen LogP contribution in [0.2, 0.25) is 0 Å². The van der Waals surface area contributed by atoms with Gasteiger partial charge in [-0.25, -0.2) is 0 Å². The van der Waals surface area contributed by atoms with Crippen molar-refractivity contribution >= 4 is 0 Å². The molecule has 0 aliphatic rings. The van der Waals surface area contributed by atoms with Gasteiger partial charge in [-0.2, -0.15) is 0 Å². The molecule has 1 atom stereocenters. The minimum atomic E-state index is 0.410. The van der Waals surface area contributed by atoms with Gasteiger partial charge in [-0.3, -0.25) is 0 Å². The summed E-state index contributed by atoms with van der Waals surface area (Å²) in [6.45, 7) is 4.94. The monoisotopic (exact) mass is 239 g/mol. The third-order valence-corrected chi connectivity index (χ3v) is 3.40. The zero-order valence-electron chi connectivity index (χ0n) is 11.2. The molecule has 0 amide bonds. The van der Waals surface area contributed by atoms with Crippen LogP contribution < -0.4 is 5.73 Å². The number of rotatable bonds is 4. The summed E-state index contributed by atoms with van der Waals surface area (Å²) in [7, 11) is 0. The van der Waals surface area contributed by atoms with Crippen molar-refractivity contribution in [3.05, 3.63) is 70.8 Å². The molecule has 0 aromatic heterocycles. The Hall–Kier alpha value is -1.60. The first-order valence-corrected chi connectivity index (χ1v) is 6.51. The molecule has 0 aliphatic heterocycles. The van der Waals surface area contributed by atoms with Crippen molar-refractivity contribution in [1.29, 1.82) is 0 Å². The molecule has 18 heavy (non-hydrogen) atoms. The van der Waals surface area contributed by atoms with Gasteiger partial charge in [0.2, 0.25) is 0 Å². The Labute approximate surface area is 110 Å². The standard InChI is InChI=1S/C17H21N/c1-13-6-8-16(9-7-13)17(12-18)11-15-5-3-4-14(2)10-15/h3-10,17H,11-12,18H2,1-2H3. The van der Waals surface area contributed by atoms with Crippen LogP contribution in [0.3, 0.4) is 0 Å². The molecule has 2 N–H and O–H groups in total. The van der Waals surface area contributed by atoms with E-state index >= 15 is 0 Å². The van der Waals surface area contributed by atoms with E-state index in [9.17, 15) is 0 Å². The molecule has 1 unspecified atom stereocenters. The molecule has 2 aromatic rings. The normalized spacial score (nSPS) is 12.4. The van der Waals surface area contributed by atoms with E-state index in [1.165, 1.54) is 22.3 Å². The fraction of sp³-hybridized carbons (Fsp3) is 0.294. The molecule has 1 nitrogen and oxygen atoms in total. The largest absolute Gasteiger partial charge is 0.330 e. The lowest BCUT2D eigenvalue weighted by atomic mass is 9.91. The van der Waals surface area contributed by atoms with E-state index in [0.29, 0.717) is 12.5 Å². The molecule has 0 bridgehead atoms. The molecule has 0 radical (unpaired) electrons. The van der Waals surface area contributed by atoms with Crippen molar-refractivity contribution < 1.29 is 0 Å². The fourth-order valence-corrected chi connectivity index (χ4v) is 2.30. The lowest BCUT2D eigenvalue weighted by Crippen LogP contribution is -2.15. The van der Waals surface area contributed by atoms with E-state index in [2.05, 4.69) is 62.4 Å². The number of hydrogen-bond acceptors (Lipinski definition) is 1. The van der Waals surface area contributed by atoms with E-state index in [1.807, 2.05) is 0 Å². The molecule has 0 aliphatic carbocycles. The second kappa shape index (κ2) is 5.83. The quantitative estimate of drug-likeness (QED) is 0.867. The summed E-state index contributed by atoms with van der Waals surface area (Å²) < 4.78 is 0. The van der Waals surface area contributed by atoms with E-state index in [0.717, 1.165) is 6.42 Å². The Morgan fingerprint density at radius 2 is 1.67 bits per heavy atom. The summed E-state index contributed by atoms with van der Waals surface area (Å²) in [6.07, 6.45) is 1.02. The summed E-state index contributed by atoms with van der Waals surface area (Å²) in [6, 6.07) is 17.4. The smallest absolute Gasteiger partial charge is 0.000157 e. The fourth-order valence-electron chi connectivity index (χ4n) is 2.30. The molecule has 0 saturated heterocycles. The van der Waals surface area contributed by atoms with Crippen molar-refractivity contribution in [3.8, 4) is 0 Å². The van der Waals surface area contributed by atoms with E-state index in [1.54, 1.807) is 0 Å². The Kier molecular flexibility index (Phi) is 4.16. The van der Waals surface area contributed by atoms with Crippen LogP contribution in [0.4, 0.5) is 0 Å². The highest BCUT2D eigenvalue weighted by Crippen LogP contribution is 2.21. The molecule has 0 spiro atoms. The summed E-state index contributed by atoms with van der Waals surface area (Å²) >= 11 is 0. The molecule has 0 fully saturated rings. The molecular weight excluding hydrogens is 218 g/mol. The zero-order chi connectivity index (χ0) is 13.0. The Balaban J connectivity index is 2.17. The van der Waals surface area contributed by atoms with Gasteiger partial charge in [-0.1, -0.05) is 59.7 Å². The van der Waals surface area contributed by atoms with Gasteiger partial charge in [0.25, 0.3) is 0 Å². The maximum Gasteiger partial charge on any atom is 0.000157 e. The van der Waals surface area contributed by atoms with Crippen LogP contribution in [0.5, 0.6) is 0 Å². The molecule has 94 valence electrons. The highest BCUT2D eigenvalue weighted by atomic mass is 14.5. The van der Waals surface area contributed by atoms with Gasteiger partial charge in [0.05, 0.1) is 0 Å². The highest BCUT2D eigenvalue weighted by molar-refractivity contribution is 5.29. The first-order chi connectivity index (χ1) is 8.69. The van der Waals surface area contributed by atoms with E-state index in [-0.39, 0.29) is 0 Å². The summed E-state index contributed by atoms with van der Waals surface area (Å²) in [4.78, 5) is 0. The number of nitrogens with two attached hydrogens (primary N) is 1. The van der Waals surface area contributed by atoms with Gasteiger partial charge in [0.15, 0.2) is 0 Å². The van der Waals surface area contributed by atoms with E-state index < -0.39 is 0 Å². The topological polar surface area (TPSA) is 26.0 Å². The maximum absolute atomic E-state index is 5.93. The van der Waals surface area contributed by atoms with Crippen LogP contribution in [0.25, 0.3) is 0 Å². The van der Waals surface area contributed by atoms with Crippen molar-refractivity contribution in [2.75, 3.05) is 6.54 Å². The number of aryl methyl sites for hydroxylation is 2. The number of hydrogen-bond donors (Lipinski definition) is 1. The zero-order valence-corrected chi connectivity index (χ0v) is 11.2. The molecule has 0 saturated carbocycles. The average molecular weight is 239 g/mol. The Morgan fingerprint density at radius 1 is 0.944 bits per heavy atom. The van der Waals surface area contributed by atoms with Crippen LogP contribution in [0.15, 0.2) is 48.5 Å². The van der Waals surface area contributed by atoms with Crippen LogP contribution in [-0.4, -0.2) is 6.54 Å². The molecular formula is C17H21N. The predicted octanol–water partition coefficient (Wildman–Crippen LogP) is 3.59. The van der Waals surface area contributed by atoms with Crippen LogP contribution in [-0.2, 0) is 6.42 Å². The lowest BCUT2D eigenvalue weighted by Gasteiger charge is -2.16.